The van der Waals surface area contributed by atoms with E-state index in [4.69, 9.17) is 4.74 Å². The number of nitrogens with zero attached hydrogens (tertiary/aromatic N) is 1. The maximum absolute atomic E-state index is 5.18. The molecule has 0 aliphatic heterocycles. The highest BCUT2D eigenvalue weighted by molar-refractivity contribution is 5.64. The van der Waals surface area contributed by atoms with E-state index in [0.717, 1.165) is 22.6 Å². The van der Waals surface area contributed by atoms with Gasteiger partial charge in [-0.3, -0.25) is 4.98 Å². The van der Waals surface area contributed by atoms with Gasteiger partial charge in [-0.1, -0.05) is 32.0 Å². The summed E-state index contributed by atoms with van der Waals surface area (Å²) in [5, 5.41) is 0. The van der Waals surface area contributed by atoms with Crippen LogP contribution in [0, 0.1) is 6.92 Å². The molecule has 0 unspecified atom stereocenters. The summed E-state index contributed by atoms with van der Waals surface area (Å²) in [6.07, 6.45) is 1.88. The monoisotopic (exact) mass is 229 g/mol. The molecule has 1 heterocycles. The van der Waals surface area contributed by atoms with Crippen molar-refractivity contribution in [1.29, 1.82) is 0 Å². The second-order valence-electron chi connectivity index (χ2n) is 3.42. The predicted octanol–water partition coefficient (Wildman–Crippen LogP) is 4.09. The summed E-state index contributed by atoms with van der Waals surface area (Å²) in [6.45, 7) is 5.98. The molecule has 1 aromatic heterocycles. The SMILES string of the molecule is CC.COc1cccc(-c2ccc(C)nc2)c1. The van der Waals surface area contributed by atoms with Crippen molar-refractivity contribution in [3.05, 3.63) is 48.3 Å². The Balaban J connectivity index is 0.000000686. The average Bonchev–Trinajstić information content (AvgIpc) is 2.42. The number of benzene rings is 1. The fraction of sp³-hybridized carbons (Fsp3) is 0.267. The van der Waals surface area contributed by atoms with E-state index in [9.17, 15) is 0 Å². The number of methoxy groups -OCH3 is 1. The van der Waals surface area contributed by atoms with Crippen LogP contribution in [-0.4, -0.2) is 12.1 Å². The Morgan fingerprint density at radius 3 is 2.35 bits per heavy atom. The van der Waals surface area contributed by atoms with Crippen molar-refractivity contribution in [2.45, 2.75) is 20.8 Å². The van der Waals surface area contributed by atoms with Gasteiger partial charge in [0.25, 0.3) is 0 Å². The smallest absolute Gasteiger partial charge is 0.119 e. The Labute approximate surface area is 103 Å². The van der Waals surface area contributed by atoms with Gasteiger partial charge in [0.05, 0.1) is 7.11 Å². The lowest BCUT2D eigenvalue weighted by atomic mass is 10.1. The molecule has 0 amide bonds. The van der Waals surface area contributed by atoms with E-state index in [0.29, 0.717) is 0 Å². The van der Waals surface area contributed by atoms with Crippen LogP contribution in [0.5, 0.6) is 5.75 Å². The second-order valence-corrected chi connectivity index (χ2v) is 3.42. The molecule has 0 radical (unpaired) electrons. The topological polar surface area (TPSA) is 22.1 Å². The molecule has 0 atom stereocenters. The highest BCUT2D eigenvalue weighted by Gasteiger charge is 1.99. The number of aromatic nitrogens is 1. The number of hydrogen-bond donors (Lipinski definition) is 0. The molecule has 0 N–H and O–H groups in total. The van der Waals surface area contributed by atoms with Crippen molar-refractivity contribution >= 4 is 0 Å². The van der Waals surface area contributed by atoms with E-state index in [-0.39, 0.29) is 0 Å². The molecule has 2 heteroatoms. The van der Waals surface area contributed by atoms with Gasteiger partial charge < -0.3 is 4.74 Å². The molecule has 2 rings (SSSR count). The van der Waals surface area contributed by atoms with E-state index >= 15 is 0 Å². The lowest BCUT2D eigenvalue weighted by Gasteiger charge is -2.04. The van der Waals surface area contributed by atoms with Crippen molar-refractivity contribution < 1.29 is 4.74 Å². The van der Waals surface area contributed by atoms with E-state index < -0.39 is 0 Å². The summed E-state index contributed by atoms with van der Waals surface area (Å²) in [4.78, 5) is 4.27. The van der Waals surface area contributed by atoms with Crippen LogP contribution in [0.4, 0.5) is 0 Å². The summed E-state index contributed by atoms with van der Waals surface area (Å²) in [5.41, 5.74) is 3.27. The number of pyridine rings is 1. The number of aryl methyl sites for hydroxylation is 1. The van der Waals surface area contributed by atoms with Crippen LogP contribution in [0.1, 0.15) is 19.5 Å². The predicted molar refractivity (Wildman–Crippen MR) is 72.3 cm³/mol. The van der Waals surface area contributed by atoms with Gasteiger partial charge in [-0.05, 0) is 30.7 Å². The third kappa shape index (κ3) is 3.59. The maximum atomic E-state index is 5.18. The van der Waals surface area contributed by atoms with Crippen molar-refractivity contribution in [2.24, 2.45) is 0 Å². The minimum absolute atomic E-state index is 0.869. The van der Waals surface area contributed by atoms with Crippen molar-refractivity contribution in [3.8, 4) is 16.9 Å². The van der Waals surface area contributed by atoms with Gasteiger partial charge in [0.15, 0.2) is 0 Å². The average molecular weight is 229 g/mol. The Bertz CT molecular complexity index is 449. The maximum Gasteiger partial charge on any atom is 0.119 e. The van der Waals surface area contributed by atoms with Crippen LogP contribution in [-0.2, 0) is 0 Å². The molecule has 1 aromatic carbocycles. The van der Waals surface area contributed by atoms with Gasteiger partial charge in [0.2, 0.25) is 0 Å². The second kappa shape index (κ2) is 6.69. The fourth-order valence-corrected chi connectivity index (χ4v) is 1.44. The van der Waals surface area contributed by atoms with Crippen molar-refractivity contribution in [3.63, 3.8) is 0 Å². The molecule has 0 saturated heterocycles. The van der Waals surface area contributed by atoms with Gasteiger partial charge in [-0.2, -0.15) is 0 Å². The number of ether oxygens (including phenoxy) is 1. The lowest BCUT2D eigenvalue weighted by molar-refractivity contribution is 0.415. The molecule has 0 spiro atoms. The molecular formula is C15H19NO. The van der Waals surface area contributed by atoms with Gasteiger partial charge in [0.1, 0.15) is 5.75 Å². The van der Waals surface area contributed by atoms with Gasteiger partial charge in [0, 0.05) is 17.5 Å². The van der Waals surface area contributed by atoms with E-state index in [1.165, 1.54) is 0 Å². The lowest BCUT2D eigenvalue weighted by Crippen LogP contribution is -1.85. The summed E-state index contributed by atoms with van der Waals surface area (Å²) in [5.74, 6) is 0.869. The Morgan fingerprint density at radius 2 is 1.76 bits per heavy atom. The third-order valence-electron chi connectivity index (χ3n) is 2.31. The van der Waals surface area contributed by atoms with Crippen LogP contribution in [0.2, 0.25) is 0 Å². The summed E-state index contributed by atoms with van der Waals surface area (Å²) in [7, 11) is 1.67. The molecule has 0 aliphatic rings. The first-order valence-corrected chi connectivity index (χ1v) is 5.86. The summed E-state index contributed by atoms with van der Waals surface area (Å²) >= 11 is 0. The molecule has 2 aromatic rings. The standard InChI is InChI=1S/C13H13NO.C2H6/c1-10-6-7-12(9-14-10)11-4-3-5-13(8-11)15-2;1-2/h3-9H,1-2H3;1-2H3. The van der Waals surface area contributed by atoms with Gasteiger partial charge >= 0.3 is 0 Å². The quantitative estimate of drug-likeness (QED) is 0.773. The van der Waals surface area contributed by atoms with Crippen LogP contribution >= 0.6 is 0 Å². The third-order valence-corrected chi connectivity index (χ3v) is 2.31. The Hall–Kier alpha value is -1.83. The van der Waals surface area contributed by atoms with Gasteiger partial charge in [-0.15, -0.1) is 0 Å². The minimum Gasteiger partial charge on any atom is -0.497 e. The van der Waals surface area contributed by atoms with E-state index in [1.807, 2.05) is 51.2 Å². The molecule has 0 fully saturated rings. The number of hydrogen-bond acceptors (Lipinski definition) is 2. The molecule has 2 nitrogen and oxygen atoms in total. The van der Waals surface area contributed by atoms with E-state index in [1.54, 1.807) is 7.11 Å². The highest BCUT2D eigenvalue weighted by Crippen LogP contribution is 2.22. The summed E-state index contributed by atoms with van der Waals surface area (Å²) < 4.78 is 5.18. The molecule has 0 aliphatic carbocycles. The Morgan fingerprint density at radius 1 is 1.00 bits per heavy atom. The van der Waals surface area contributed by atoms with Crippen LogP contribution in [0.15, 0.2) is 42.6 Å². The largest absolute Gasteiger partial charge is 0.497 e. The van der Waals surface area contributed by atoms with Crippen molar-refractivity contribution in [1.82, 2.24) is 4.98 Å². The highest BCUT2D eigenvalue weighted by atomic mass is 16.5. The first-order chi connectivity index (χ1) is 8.29. The molecule has 17 heavy (non-hydrogen) atoms. The zero-order valence-corrected chi connectivity index (χ0v) is 10.9. The molecule has 0 bridgehead atoms. The zero-order chi connectivity index (χ0) is 12.7. The number of rotatable bonds is 2. The van der Waals surface area contributed by atoms with Crippen LogP contribution in [0.25, 0.3) is 11.1 Å². The van der Waals surface area contributed by atoms with E-state index in [2.05, 4.69) is 17.1 Å². The first kappa shape index (κ1) is 13.2. The molecule has 0 saturated carbocycles. The van der Waals surface area contributed by atoms with Crippen molar-refractivity contribution in [2.75, 3.05) is 7.11 Å². The zero-order valence-electron chi connectivity index (χ0n) is 10.9. The Kier molecular flexibility index (Phi) is 5.21. The molecular weight excluding hydrogens is 210 g/mol. The fourth-order valence-electron chi connectivity index (χ4n) is 1.44. The van der Waals surface area contributed by atoms with Crippen LogP contribution < -0.4 is 4.74 Å². The normalized spacial score (nSPS) is 9.18. The van der Waals surface area contributed by atoms with Crippen LogP contribution in [0.3, 0.4) is 0 Å². The van der Waals surface area contributed by atoms with Gasteiger partial charge in [-0.25, -0.2) is 0 Å². The summed E-state index contributed by atoms with van der Waals surface area (Å²) in [6, 6.07) is 12.0. The minimum atomic E-state index is 0.869. The first-order valence-electron chi connectivity index (χ1n) is 5.86. The molecule has 90 valence electrons.